The largest absolute Gasteiger partial charge is 0.382 e. The number of amides is 1. The third-order valence-electron chi connectivity index (χ3n) is 3.82. The van der Waals surface area contributed by atoms with E-state index >= 15 is 0 Å². The van der Waals surface area contributed by atoms with Crippen molar-refractivity contribution in [1.29, 1.82) is 0 Å². The summed E-state index contributed by atoms with van der Waals surface area (Å²) in [6.07, 6.45) is 0.882. The van der Waals surface area contributed by atoms with Gasteiger partial charge in [-0.05, 0) is 44.2 Å². The maximum absolute atomic E-state index is 12.6. The van der Waals surface area contributed by atoms with Gasteiger partial charge < -0.3 is 16.8 Å². The van der Waals surface area contributed by atoms with Crippen molar-refractivity contribution in [3.8, 4) is 0 Å². The second-order valence-corrected chi connectivity index (χ2v) is 10.8. The van der Waals surface area contributed by atoms with E-state index < -0.39 is 0 Å². The molecule has 148 valence electrons. The van der Waals surface area contributed by atoms with Crippen LogP contribution in [0.2, 0.25) is 5.02 Å². The van der Waals surface area contributed by atoms with Crippen molar-refractivity contribution >= 4 is 52.1 Å². The van der Waals surface area contributed by atoms with Crippen LogP contribution in [0, 0.1) is 12.3 Å². The van der Waals surface area contributed by atoms with Crippen LogP contribution in [0.15, 0.2) is 22.5 Å². The van der Waals surface area contributed by atoms with Gasteiger partial charge in [-0.15, -0.1) is 11.3 Å². The zero-order chi connectivity index (χ0) is 20.4. The van der Waals surface area contributed by atoms with E-state index in [-0.39, 0.29) is 22.7 Å². The first-order valence-corrected chi connectivity index (χ1v) is 10.8. The number of nitrogens with zero attached hydrogens (tertiary/aromatic N) is 1. The lowest BCUT2D eigenvalue weighted by Gasteiger charge is -2.31. The van der Waals surface area contributed by atoms with E-state index in [9.17, 15) is 4.79 Å². The van der Waals surface area contributed by atoms with E-state index in [4.69, 9.17) is 23.1 Å². The number of para-hydroxylation sites is 1. The zero-order valence-corrected chi connectivity index (χ0v) is 18.7. The van der Waals surface area contributed by atoms with Gasteiger partial charge in [-0.2, -0.15) is 0 Å². The van der Waals surface area contributed by atoms with Crippen molar-refractivity contribution < 1.29 is 4.79 Å². The number of nitrogen functional groups attached to an aromatic ring is 1. The van der Waals surface area contributed by atoms with Gasteiger partial charge in [0, 0.05) is 11.3 Å². The van der Waals surface area contributed by atoms with Gasteiger partial charge in [0.1, 0.15) is 10.7 Å². The van der Waals surface area contributed by atoms with Crippen molar-refractivity contribution in [1.82, 2.24) is 4.98 Å². The van der Waals surface area contributed by atoms with Gasteiger partial charge in [0.2, 0.25) is 0 Å². The highest BCUT2D eigenvalue weighted by atomic mass is 35.5. The molecule has 0 saturated carbocycles. The number of thioether (sulfide) groups is 1. The lowest BCUT2D eigenvalue weighted by atomic mass is 9.82. The number of benzene rings is 1. The number of carbonyl (C=O) groups excluding carboxylic acids is 1. The monoisotopic (exact) mass is 426 g/mol. The fraction of sp³-hybridized carbons (Fsp3) is 0.474. The minimum atomic E-state index is -0.296. The number of anilines is 2. The smallest absolute Gasteiger partial charge is 0.269 e. The van der Waals surface area contributed by atoms with E-state index in [1.165, 1.54) is 11.3 Å². The summed E-state index contributed by atoms with van der Waals surface area (Å²) in [5.41, 5.74) is 13.4. The molecular formula is C19H27ClN4OS2. The number of aryl methyl sites for hydroxylation is 1. The number of hydrogen-bond acceptors (Lipinski definition) is 6. The maximum atomic E-state index is 12.6. The molecular weight excluding hydrogens is 400 g/mol. The third-order valence-corrected chi connectivity index (χ3v) is 6.87. The molecule has 5 N–H and O–H groups in total. The average Bonchev–Trinajstić information content (AvgIpc) is 2.88. The Kier molecular flexibility index (Phi) is 6.84. The average molecular weight is 427 g/mol. The molecule has 1 heterocycles. The molecule has 0 saturated heterocycles. The molecule has 0 spiro atoms. The molecule has 0 aliphatic rings. The SMILES string of the molecule is Cc1cccc(Cl)c1NC(=O)c1sc(SCC(C)(C)CC(C)(C)N)nc1N. The molecule has 0 bridgehead atoms. The molecule has 8 heteroatoms. The van der Waals surface area contributed by atoms with Gasteiger partial charge in [-0.1, -0.05) is 49.3 Å². The van der Waals surface area contributed by atoms with Crippen LogP contribution in [0.1, 0.15) is 49.4 Å². The number of halogens is 1. The maximum Gasteiger partial charge on any atom is 0.269 e. The first-order chi connectivity index (χ1) is 12.4. The zero-order valence-electron chi connectivity index (χ0n) is 16.4. The van der Waals surface area contributed by atoms with Gasteiger partial charge in [0.05, 0.1) is 10.7 Å². The van der Waals surface area contributed by atoms with Gasteiger partial charge in [0.15, 0.2) is 4.34 Å². The second kappa shape index (κ2) is 8.39. The second-order valence-electron chi connectivity index (χ2n) is 8.20. The number of rotatable bonds is 7. The summed E-state index contributed by atoms with van der Waals surface area (Å²) < 4.78 is 0.774. The standard InChI is InChI=1S/C19H27ClN4OS2/c1-11-7-6-8-12(20)13(11)23-16(25)14-15(21)24-17(27-14)26-10-18(2,3)9-19(4,5)22/h6-8H,9-10,21-22H2,1-5H3,(H,23,25). The summed E-state index contributed by atoms with van der Waals surface area (Å²) in [6.45, 7) is 10.3. The topological polar surface area (TPSA) is 94.0 Å². The van der Waals surface area contributed by atoms with E-state index in [1.807, 2.05) is 32.9 Å². The summed E-state index contributed by atoms with van der Waals surface area (Å²) in [4.78, 5) is 17.4. The van der Waals surface area contributed by atoms with Crippen LogP contribution >= 0.6 is 34.7 Å². The van der Waals surface area contributed by atoms with Crippen LogP contribution in [0.3, 0.4) is 0 Å². The minimum absolute atomic E-state index is 0.0421. The number of thiazole rings is 1. The predicted molar refractivity (Wildman–Crippen MR) is 118 cm³/mol. The number of nitrogens with one attached hydrogen (secondary N) is 1. The Morgan fingerprint density at radius 3 is 2.59 bits per heavy atom. The Labute approximate surface area is 174 Å². The highest BCUT2D eigenvalue weighted by Crippen LogP contribution is 2.37. The van der Waals surface area contributed by atoms with Gasteiger partial charge in [-0.25, -0.2) is 4.98 Å². The Balaban J connectivity index is 2.08. The fourth-order valence-corrected chi connectivity index (χ4v) is 5.36. The summed E-state index contributed by atoms with van der Waals surface area (Å²) >= 11 is 9.08. The summed E-state index contributed by atoms with van der Waals surface area (Å²) in [6, 6.07) is 5.47. The van der Waals surface area contributed by atoms with Gasteiger partial charge in [0.25, 0.3) is 5.91 Å². The van der Waals surface area contributed by atoms with Crippen LogP contribution < -0.4 is 16.8 Å². The molecule has 0 radical (unpaired) electrons. The number of nitrogens with two attached hydrogens (primary N) is 2. The van der Waals surface area contributed by atoms with Crippen molar-refractivity contribution in [2.75, 3.05) is 16.8 Å². The molecule has 0 fully saturated rings. The summed E-state index contributed by atoms with van der Waals surface area (Å²) in [5.74, 6) is 0.780. The predicted octanol–water partition coefficient (Wildman–Crippen LogP) is 5.19. The van der Waals surface area contributed by atoms with Crippen LogP contribution in [0.5, 0.6) is 0 Å². The first kappa shape index (κ1) is 22.0. The normalized spacial score (nSPS) is 12.3. The first-order valence-electron chi connectivity index (χ1n) is 8.62. The molecule has 5 nitrogen and oxygen atoms in total. The van der Waals surface area contributed by atoms with Crippen LogP contribution in [-0.2, 0) is 0 Å². The molecule has 1 aromatic carbocycles. The Hall–Kier alpha value is -1.28. The molecule has 2 rings (SSSR count). The molecule has 1 amide bonds. The van der Waals surface area contributed by atoms with E-state index in [2.05, 4.69) is 24.1 Å². The number of carbonyl (C=O) groups is 1. The van der Waals surface area contributed by atoms with E-state index in [0.29, 0.717) is 15.6 Å². The lowest BCUT2D eigenvalue weighted by molar-refractivity contribution is 0.103. The van der Waals surface area contributed by atoms with Crippen molar-refractivity contribution in [3.05, 3.63) is 33.7 Å². The van der Waals surface area contributed by atoms with Gasteiger partial charge in [-0.3, -0.25) is 4.79 Å². The Morgan fingerprint density at radius 2 is 2.00 bits per heavy atom. The summed E-state index contributed by atoms with van der Waals surface area (Å²) in [5, 5.41) is 3.34. The van der Waals surface area contributed by atoms with Crippen molar-refractivity contribution in [2.45, 2.75) is 50.9 Å². The summed E-state index contributed by atoms with van der Waals surface area (Å²) in [7, 11) is 0. The van der Waals surface area contributed by atoms with Crippen LogP contribution in [0.4, 0.5) is 11.5 Å². The fourth-order valence-electron chi connectivity index (χ4n) is 3.04. The Morgan fingerprint density at radius 1 is 1.33 bits per heavy atom. The van der Waals surface area contributed by atoms with Crippen molar-refractivity contribution in [3.63, 3.8) is 0 Å². The minimum Gasteiger partial charge on any atom is -0.382 e. The third kappa shape index (κ3) is 6.38. The molecule has 0 aliphatic carbocycles. The van der Waals surface area contributed by atoms with Crippen LogP contribution in [-0.4, -0.2) is 22.2 Å². The lowest BCUT2D eigenvalue weighted by Crippen LogP contribution is -2.38. The molecule has 0 aliphatic heterocycles. The van der Waals surface area contributed by atoms with Crippen molar-refractivity contribution in [2.24, 2.45) is 11.1 Å². The van der Waals surface area contributed by atoms with Gasteiger partial charge >= 0.3 is 0 Å². The number of hydrogen-bond donors (Lipinski definition) is 3. The molecule has 27 heavy (non-hydrogen) atoms. The quantitative estimate of drug-likeness (QED) is 0.530. The molecule has 2 aromatic rings. The highest BCUT2D eigenvalue weighted by Gasteiger charge is 2.27. The van der Waals surface area contributed by atoms with E-state index in [0.717, 1.165) is 22.1 Å². The molecule has 0 atom stereocenters. The Bertz CT molecular complexity index is 807. The molecule has 0 unspecified atom stereocenters. The van der Waals surface area contributed by atoms with Crippen LogP contribution in [0.25, 0.3) is 0 Å². The van der Waals surface area contributed by atoms with E-state index in [1.54, 1.807) is 17.8 Å². The number of aromatic nitrogens is 1. The highest BCUT2D eigenvalue weighted by molar-refractivity contribution is 8.01. The molecule has 1 aromatic heterocycles.